The van der Waals surface area contributed by atoms with E-state index in [1.807, 2.05) is 45.0 Å². The summed E-state index contributed by atoms with van der Waals surface area (Å²) >= 11 is 0. The van der Waals surface area contributed by atoms with Gasteiger partial charge >= 0.3 is 6.09 Å². The smallest absolute Gasteiger partial charge is 0.410 e. The molecule has 1 saturated heterocycles. The predicted octanol–water partition coefficient (Wildman–Crippen LogP) is 3.06. The number of para-hydroxylation sites is 2. The van der Waals surface area contributed by atoms with Crippen molar-refractivity contribution in [3.8, 4) is 11.5 Å². The Labute approximate surface area is 181 Å². The molecule has 1 N–H and O–H groups in total. The lowest BCUT2D eigenvalue weighted by Crippen LogP contribution is -2.45. The van der Waals surface area contributed by atoms with Crippen molar-refractivity contribution < 1.29 is 23.8 Å². The molecule has 0 saturated carbocycles. The van der Waals surface area contributed by atoms with Crippen LogP contribution in [0, 0.1) is 0 Å². The lowest BCUT2D eigenvalue weighted by molar-refractivity contribution is -0.120. The van der Waals surface area contributed by atoms with Crippen LogP contribution in [0.25, 0.3) is 0 Å². The van der Waals surface area contributed by atoms with E-state index >= 15 is 0 Å². The number of carbonyl (C=O) groups is 2. The van der Waals surface area contributed by atoms with Gasteiger partial charge in [-0.3, -0.25) is 14.4 Å². The summed E-state index contributed by atoms with van der Waals surface area (Å²) in [4.78, 5) is 26.7. The van der Waals surface area contributed by atoms with E-state index in [2.05, 4.69) is 10.4 Å². The Morgan fingerprint density at radius 2 is 2.03 bits per heavy atom. The molecular weight excluding hydrogens is 400 g/mol. The molecular formula is C22H28N4O5. The fourth-order valence-electron chi connectivity index (χ4n) is 3.69. The van der Waals surface area contributed by atoms with E-state index in [4.69, 9.17) is 14.2 Å². The minimum absolute atomic E-state index is 0.184. The summed E-state index contributed by atoms with van der Waals surface area (Å²) in [6.07, 6.45) is 4.05. The van der Waals surface area contributed by atoms with Gasteiger partial charge in [0.2, 0.25) is 5.91 Å². The first-order valence-corrected chi connectivity index (χ1v) is 10.5. The quantitative estimate of drug-likeness (QED) is 0.804. The van der Waals surface area contributed by atoms with Crippen LogP contribution in [-0.2, 0) is 16.1 Å². The van der Waals surface area contributed by atoms with Gasteiger partial charge < -0.3 is 19.5 Å². The van der Waals surface area contributed by atoms with Crippen molar-refractivity contribution in [3.05, 3.63) is 36.7 Å². The monoisotopic (exact) mass is 428 g/mol. The molecule has 0 aliphatic carbocycles. The largest absolute Gasteiger partial charge is 0.486 e. The van der Waals surface area contributed by atoms with Crippen molar-refractivity contribution in [2.75, 3.05) is 18.5 Å². The number of nitrogens with zero attached hydrogens (tertiary/aromatic N) is 3. The summed E-state index contributed by atoms with van der Waals surface area (Å²) < 4.78 is 18.8. The molecule has 1 aromatic carbocycles. The van der Waals surface area contributed by atoms with Crippen molar-refractivity contribution in [2.45, 2.75) is 57.9 Å². The maximum absolute atomic E-state index is 12.8. The number of fused-ring (bicyclic) bond motifs is 1. The van der Waals surface area contributed by atoms with Gasteiger partial charge in [-0.2, -0.15) is 5.10 Å². The molecule has 0 unspecified atom stereocenters. The van der Waals surface area contributed by atoms with Crippen LogP contribution in [-0.4, -0.2) is 57.6 Å². The standard InChI is InChI=1S/C22H28N4O5/c1-22(2,3)31-21(28)26-10-6-7-17(26)20(27)24-15-11-23-25(12-15)13-16-14-29-18-8-4-5-9-19(18)30-16/h4-5,8-9,11-12,16-17H,6-7,10,13-14H2,1-3H3,(H,24,27)/t16-,17+/m0/s1. The summed E-state index contributed by atoms with van der Waals surface area (Å²) in [5.74, 6) is 1.20. The molecule has 2 amide bonds. The van der Waals surface area contributed by atoms with Gasteiger partial charge in [0.1, 0.15) is 18.2 Å². The van der Waals surface area contributed by atoms with Crippen molar-refractivity contribution in [2.24, 2.45) is 0 Å². The number of likely N-dealkylation sites (tertiary alicyclic amines) is 1. The van der Waals surface area contributed by atoms with E-state index in [1.165, 1.54) is 4.90 Å². The van der Waals surface area contributed by atoms with E-state index in [1.54, 1.807) is 17.1 Å². The fraction of sp³-hybridized carbons (Fsp3) is 0.500. The normalized spacial score (nSPS) is 20.4. The van der Waals surface area contributed by atoms with E-state index in [0.717, 1.165) is 12.2 Å². The van der Waals surface area contributed by atoms with Gasteiger partial charge in [-0.05, 0) is 45.7 Å². The van der Waals surface area contributed by atoms with Gasteiger partial charge in [0.15, 0.2) is 17.6 Å². The van der Waals surface area contributed by atoms with Crippen LogP contribution >= 0.6 is 0 Å². The van der Waals surface area contributed by atoms with Gasteiger partial charge in [0.05, 0.1) is 18.4 Å². The fourth-order valence-corrected chi connectivity index (χ4v) is 3.69. The van der Waals surface area contributed by atoms with Crippen LogP contribution in [0.2, 0.25) is 0 Å². The second-order valence-corrected chi connectivity index (χ2v) is 8.77. The van der Waals surface area contributed by atoms with Gasteiger partial charge in [-0.1, -0.05) is 12.1 Å². The number of carbonyl (C=O) groups excluding carboxylic acids is 2. The third-order valence-corrected chi connectivity index (χ3v) is 5.04. The highest BCUT2D eigenvalue weighted by Crippen LogP contribution is 2.31. The Bertz CT molecular complexity index is 951. The van der Waals surface area contributed by atoms with Crippen LogP contribution in [0.15, 0.2) is 36.7 Å². The first-order chi connectivity index (χ1) is 14.8. The molecule has 2 aromatic rings. The molecule has 9 nitrogen and oxygen atoms in total. The minimum atomic E-state index is -0.604. The number of nitrogens with one attached hydrogen (secondary N) is 1. The molecule has 1 fully saturated rings. The average molecular weight is 428 g/mol. The lowest BCUT2D eigenvalue weighted by atomic mass is 10.2. The highest BCUT2D eigenvalue weighted by molar-refractivity contribution is 5.96. The molecule has 0 spiro atoms. The number of hydrogen-bond acceptors (Lipinski definition) is 6. The first-order valence-electron chi connectivity index (χ1n) is 10.5. The zero-order valence-corrected chi connectivity index (χ0v) is 18.0. The topological polar surface area (TPSA) is 94.9 Å². The number of amides is 2. The highest BCUT2D eigenvalue weighted by atomic mass is 16.6. The Hall–Kier alpha value is -3.23. The zero-order chi connectivity index (χ0) is 22.0. The second-order valence-electron chi connectivity index (χ2n) is 8.77. The van der Waals surface area contributed by atoms with Crippen molar-refractivity contribution in [1.29, 1.82) is 0 Å². The van der Waals surface area contributed by atoms with Gasteiger partial charge in [0, 0.05) is 12.7 Å². The SMILES string of the molecule is CC(C)(C)OC(=O)N1CCC[C@@H]1C(=O)Nc1cnn(C[C@H]2COc3ccccc3O2)c1. The van der Waals surface area contributed by atoms with E-state index in [9.17, 15) is 9.59 Å². The van der Waals surface area contributed by atoms with Gasteiger partial charge in [-0.25, -0.2) is 4.79 Å². The van der Waals surface area contributed by atoms with Crippen LogP contribution in [0.5, 0.6) is 11.5 Å². The molecule has 166 valence electrons. The summed E-state index contributed by atoms with van der Waals surface area (Å²) in [5, 5.41) is 7.17. The molecule has 3 heterocycles. The van der Waals surface area contributed by atoms with E-state index in [0.29, 0.717) is 37.6 Å². The first kappa shape index (κ1) is 21.0. The van der Waals surface area contributed by atoms with Crippen LogP contribution in [0.3, 0.4) is 0 Å². The zero-order valence-electron chi connectivity index (χ0n) is 18.0. The Kier molecular flexibility index (Phi) is 5.75. The molecule has 4 rings (SSSR count). The molecule has 2 aliphatic heterocycles. The molecule has 31 heavy (non-hydrogen) atoms. The molecule has 1 aromatic heterocycles. The maximum Gasteiger partial charge on any atom is 0.410 e. The van der Waals surface area contributed by atoms with Gasteiger partial charge in [-0.15, -0.1) is 0 Å². The maximum atomic E-state index is 12.8. The predicted molar refractivity (Wildman–Crippen MR) is 113 cm³/mol. The molecule has 2 atom stereocenters. The summed E-state index contributed by atoms with van der Waals surface area (Å²) in [6.45, 7) is 6.84. The molecule has 0 radical (unpaired) electrons. The van der Waals surface area contributed by atoms with E-state index in [-0.39, 0.29) is 12.0 Å². The van der Waals surface area contributed by atoms with Crippen molar-refractivity contribution in [1.82, 2.24) is 14.7 Å². The Morgan fingerprint density at radius 3 is 2.81 bits per heavy atom. The number of aromatic nitrogens is 2. The van der Waals surface area contributed by atoms with Crippen molar-refractivity contribution >= 4 is 17.7 Å². The van der Waals surface area contributed by atoms with Gasteiger partial charge in [0.25, 0.3) is 0 Å². The number of anilines is 1. The van der Waals surface area contributed by atoms with Crippen LogP contribution < -0.4 is 14.8 Å². The Balaban J connectivity index is 1.33. The molecule has 9 heteroatoms. The number of rotatable bonds is 4. The van der Waals surface area contributed by atoms with E-state index < -0.39 is 17.7 Å². The van der Waals surface area contributed by atoms with Crippen molar-refractivity contribution in [3.63, 3.8) is 0 Å². The molecule has 0 bridgehead atoms. The number of ether oxygens (including phenoxy) is 3. The second kappa shape index (κ2) is 8.49. The third-order valence-electron chi connectivity index (χ3n) is 5.04. The minimum Gasteiger partial charge on any atom is -0.486 e. The number of hydrogen-bond donors (Lipinski definition) is 1. The molecule has 2 aliphatic rings. The summed E-state index contributed by atoms with van der Waals surface area (Å²) in [6, 6.07) is 6.99. The Morgan fingerprint density at radius 1 is 1.26 bits per heavy atom. The summed E-state index contributed by atoms with van der Waals surface area (Å²) in [5.41, 5.74) is -0.0362. The highest BCUT2D eigenvalue weighted by Gasteiger charge is 2.36. The average Bonchev–Trinajstić information content (AvgIpc) is 3.36. The third kappa shape index (κ3) is 5.10. The number of benzene rings is 1. The van der Waals surface area contributed by atoms with Crippen LogP contribution in [0.4, 0.5) is 10.5 Å². The van der Waals surface area contributed by atoms with Crippen LogP contribution in [0.1, 0.15) is 33.6 Å². The summed E-state index contributed by atoms with van der Waals surface area (Å²) in [7, 11) is 0. The lowest BCUT2D eigenvalue weighted by Gasteiger charge is -2.27.